The lowest BCUT2D eigenvalue weighted by atomic mass is 10.3. The third kappa shape index (κ3) is 2.64. The second-order valence-corrected chi connectivity index (χ2v) is 4.31. The molecule has 0 bridgehead atoms. The summed E-state index contributed by atoms with van der Waals surface area (Å²) in [5.41, 5.74) is 5.45. The van der Waals surface area contributed by atoms with Crippen LogP contribution in [0, 0.1) is 16.0 Å². The van der Waals surface area contributed by atoms with Gasteiger partial charge in [-0.15, -0.1) is 0 Å². The summed E-state index contributed by atoms with van der Waals surface area (Å²) in [4.78, 5) is 16.3. The molecule has 1 fully saturated rings. The van der Waals surface area contributed by atoms with Crippen LogP contribution in [0.1, 0.15) is 19.8 Å². The maximum atomic E-state index is 10.6. The first-order chi connectivity index (χ1) is 8.11. The van der Waals surface area contributed by atoms with Gasteiger partial charge >= 0.3 is 5.69 Å². The van der Waals surface area contributed by atoms with Crippen molar-refractivity contribution in [2.45, 2.75) is 19.8 Å². The fourth-order valence-electron chi connectivity index (χ4n) is 1.78. The normalized spacial score (nSPS) is 14.6. The van der Waals surface area contributed by atoms with Crippen LogP contribution < -0.4 is 10.6 Å². The van der Waals surface area contributed by atoms with Gasteiger partial charge in [0, 0.05) is 19.2 Å². The van der Waals surface area contributed by atoms with Crippen molar-refractivity contribution in [1.29, 1.82) is 0 Å². The molecule has 2 rings (SSSR count). The van der Waals surface area contributed by atoms with Crippen LogP contribution in [0.5, 0.6) is 0 Å². The Hall–Kier alpha value is -1.85. The van der Waals surface area contributed by atoms with Crippen LogP contribution in [0.25, 0.3) is 0 Å². The summed E-state index contributed by atoms with van der Waals surface area (Å²) in [6.07, 6.45) is 2.53. The smallest absolute Gasteiger partial charge is 0.311 e. The Labute approximate surface area is 99.6 Å². The molecule has 0 atom stereocenters. The lowest BCUT2D eigenvalue weighted by Crippen LogP contribution is -2.26. The number of hydrogen-bond acceptors (Lipinski definition) is 5. The second-order valence-electron chi connectivity index (χ2n) is 4.31. The maximum Gasteiger partial charge on any atom is 0.311 e. The van der Waals surface area contributed by atoms with Crippen LogP contribution in [-0.2, 0) is 0 Å². The molecule has 1 aromatic heterocycles. The molecule has 92 valence electrons. The van der Waals surface area contributed by atoms with E-state index in [2.05, 4.69) is 9.88 Å². The highest BCUT2D eigenvalue weighted by Gasteiger charge is 2.25. The van der Waals surface area contributed by atoms with E-state index in [9.17, 15) is 10.1 Å². The minimum absolute atomic E-state index is 0.0123. The van der Waals surface area contributed by atoms with Gasteiger partial charge in [0.2, 0.25) is 5.82 Å². The van der Waals surface area contributed by atoms with E-state index in [4.69, 9.17) is 5.73 Å². The highest BCUT2D eigenvalue weighted by Crippen LogP contribution is 2.31. The Morgan fingerprint density at radius 2 is 2.29 bits per heavy atom. The van der Waals surface area contributed by atoms with E-state index in [-0.39, 0.29) is 11.5 Å². The van der Waals surface area contributed by atoms with Crippen molar-refractivity contribution >= 4 is 17.3 Å². The summed E-state index contributed by atoms with van der Waals surface area (Å²) >= 11 is 0. The van der Waals surface area contributed by atoms with Gasteiger partial charge in [-0.1, -0.05) is 0 Å². The van der Waals surface area contributed by atoms with Crippen LogP contribution in [-0.4, -0.2) is 23.0 Å². The lowest BCUT2D eigenvalue weighted by Gasteiger charge is -2.21. The van der Waals surface area contributed by atoms with Crippen molar-refractivity contribution in [3.8, 4) is 0 Å². The second kappa shape index (κ2) is 4.57. The Morgan fingerprint density at radius 3 is 2.76 bits per heavy atom. The summed E-state index contributed by atoms with van der Waals surface area (Å²) in [6.45, 7) is 3.84. The summed E-state index contributed by atoms with van der Waals surface area (Å²) < 4.78 is 0. The number of anilines is 2. The predicted octanol–water partition coefficient (Wildman–Crippen LogP) is 1.81. The third-order valence-electron chi connectivity index (χ3n) is 2.97. The van der Waals surface area contributed by atoms with E-state index < -0.39 is 4.92 Å². The fraction of sp³-hybridized carbons (Fsp3) is 0.545. The van der Waals surface area contributed by atoms with Gasteiger partial charge in [0.05, 0.1) is 4.92 Å². The molecule has 0 saturated heterocycles. The average molecular weight is 236 g/mol. The number of hydrogen-bond donors (Lipinski definition) is 1. The number of nitrogen functional groups attached to an aromatic ring is 1. The zero-order valence-electron chi connectivity index (χ0n) is 9.80. The van der Waals surface area contributed by atoms with E-state index in [0.717, 1.165) is 24.8 Å². The molecule has 1 saturated carbocycles. The molecule has 0 unspecified atom stereocenters. The van der Waals surface area contributed by atoms with Crippen LogP contribution in [0.15, 0.2) is 12.1 Å². The zero-order valence-corrected chi connectivity index (χ0v) is 9.80. The molecule has 0 aliphatic heterocycles. The Morgan fingerprint density at radius 1 is 1.59 bits per heavy atom. The summed E-state index contributed by atoms with van der Waals surface area (Å²) in [6, 6.07) is 3.09. The molecule has 2 N–H and O–H groups in total. The van der Waals surface area contributed by atoms with Crippen molar-refractivity contribution in [2.75, 3.05) is 23.7 Å². The van der Waals surface area contributed by atoms with Gasteiger partial charge in [-0.3, -0.25) is 10.1 Å². The Kier molecular flexibility index (Phi) is 3.12. The number of nitro groups is 1. The summed E-state index contributed by atoms with van der Waals surface area (Å²) in [7, 11) is 0. The van der Waals surface area contributed by atoms with Crippen LogP contribution in [0.3, 0.4) is 0 Å². The standard InChI is InChI=1S/C11H16N4O2/c1-2-14(7-8-3-4-8)10-6-5-9(15(16)17)11(12)13-10/h5-6,8H,2-4,7H2,1H3,(H2,12,13). The van der Waals surface area contributed by atoms with Crippen molar-refractivity contribution in [1.82, 2.24) is 4.98 Å². The summed E-state index contributed by atoms with van der Waals surface area (Å²) in [5, 5.41) is 10.6. The molecule has 17 heavy (non-hydrogen) atoms. The molecule has 6 nitrogen and oxygen atoms in total. The van der Waals surface area contributed by atoms with Gasteiger partial charge in [-0.25, -0.2) is 4.98 Å². The van der Waals surface area contributed by atoms with Crippen LogP contribution >= 0.6 is 0 Å². The SMILES string of the molecule is CCN(CC1CC1)c1ccc([N+](=O)[O-])c(N)n1. The molecular formula is C11H16N4O2. The van der Waals surface area contributed by atoms with Crippen molar-refractivity contribution < 1.29 is 4.92 Å². The minimum Gasteiger partial charge on any atom is -0.378 e. The molecule has 0 spiro atoms. The van der Waals surface area contributed by atoms with Gasteiger partial charge < -0.3 is 10.6 Å². The molecule has 1 heterocycles. The third-order valence-corrected chi connectivity index (χ3v) is 2.97. The number of nitrogens with two attached hydrogens (primary N) is 1. The Balaban J connectivity index is 2.19. The Bertz CT molecular complexity index is 431. The number of pyridine rings is 1. The first-order valence-electron chi connectivity index (χ1n) is 5.77. The topological polar surface area (TPSA) is 85.3 Å². The largest absolute Gasteiger partial charge is 0.378 e. The molecule has 1 aromatic rings. The quantitative estimate of drug-likeness (QED) is 0.622. The molecule has 0 radical (unpaired) electrons. The number of aromatic nitrogens is 1. The number of rotatable bonds is 5. The van der Waals surface area contributed by atoms with Gasteiger partial charge in [0.15, 0.2) is 0 Å². The summed E-state index contributed by atoms with van der Waals surface area (Å²) in [5.74, 6) is 1.46. The number of nitrogens with zero attached hydrogens (tertiary/aromatic N) is 3. The lowest BCUT2D eigenvalue weighted by molar-refractivity contribution is -0.384. The highest BCUT2D eigenvalue weighted by atomic mass is 16.6. The first-order valence-corrected chi connectivity index (χ1v) is 5.77. The predicted molar refractivity (Wildman–Crippen MR) is 65.9 cm³/mol. The zero-order chi connectivity index (χ0) is 12.4. The molecule has 0 amide bonds. The molecule has 6 heteroatoms. The van der Waals surface area contributed by atoms with Crippen LogP contribution in [0.2, 0.25) is 0 Å². The first kappa shape index (κ1) is 11.6. The fourth-order valence-corrected chi connectivity index (χ4v) is 1.78. The van der Waals surface area contributed by atoms with E-state index in [0.29, 0.717) is 0 Å². The van der Waals surface area contributed by atoms with Crippen LogP contribution in [0.4, 0.5) is 17.3 Å². The van der Waals surface area contributed by atoms with Gasteiger partial charge in [-0.2, -0.15) is 0 Å². The molecule has 0 aromatic carbocycles. The van der Waals surface area contributed by atoms with Gasteiger partial charge in [0.25, 0.3) is 0 Å². The van der Waals surface area contributed by atoms with Crippen molar-refractivity contribution in [3.05, 3.63) is 22.2 Å². The van der Waals surface area contributed by atoms with Gasteiger partial charge in [0.1, 0.15) is 5.82 Å². The maximum absolute atomic E-state index is 10.6. The van der Waals surface area contributed by atoms with Gasteiger partial charge in [-0.05, 0) is 31.7 Å². The monoisotopic (exact) mass is 236 g/mol. The van der Waals surface area contributed by atoms with E-state index in [1.54, 1.807) is 6.07 Å². The average Bonchev–Trinajstić information content (AvgIpc) is 3.09. The van der Waals surface area contributed by atoms with E-state index >= 15 is 0 Å². The molecule has 1 aliphatic carbocycles. The van der Waals surface area contributed by atoms with E-state index in [1.165, 1.54) is 18.9 Å². The minimum atomic E-state index is -0.511. The molecular weight excluding hydrogens is 220 g/mol. The van der Waals surface area contributed by atoms with Crippen molar-refractivity contribution in [2.24, 2.45) is 5.92 Å². The van der Waals surface area contributed by atoms with Crippen molar-refractivity contribution in [3.63, 3.8) is 0 Å². The molecule has 1 aliphatic rings. The highest BCUT2D eigenvalue weighted by molar-refractivity contribution is 5.58. The van der Waals surface area contributed by atoms with E-state index in [1.807, 2.05) is 6.92 Å².